The van der Waals surface area contributed by atoms with Gasteiger partial charge in [-0.25, -0.2) is 12.4 Å². The lowest BCUT2D eigenvalue weighted by molar-refractivity contribution is 0.0890. The number of carbonyl (C=O) groups is 2. The van der Waals surface area contributed by atoms with Crippen molar-refractivity contribution in [3.8, 4) is 11.5 Å². The highest BCUT2D eigenvalue weighted by molar-refractivity contribution is 7.90. The number of carbonyl (C=O) groups excluding carboxylic acids is 2. The second-order valence-corrected chi connectivity index (χ2v) is 9.87. The highest BCUT2D eigenvalue weighted by Gasteiger charge is 2.29. The van der Waals surface area contributed by atoms with Crippen molar-refractivity contribution in [3.05, 3.63) is 114 Å². The van der Waals surface area contributed by atoms with Crippen molar-refractivity contribution in [1.82, 2.24) is 3.97 Å². The molecule has 8 heteroatoms. The molecule has 0 spiro atoms. The second kappa shape index (κ2) is 10.6. The van der Waals surface area contributed by atoms with Crippen LogP contribution in [-0.4, -0.2) is 38.2 Å². The van der Waals surface area contributed by atoms with E-state index in [4.69, 9.17) is 9.47 Å². The molecule has 0 fully saturated rings. The molecule has 36 heavy (non-hydrogen) atoms. The summed E-state index contributed by atoms with van der Waals surface area (Å²) in [6, 6.07) is 24.4. The largest absolute Gasteiger partial charge is 0.497 e. The molecule has 0 amide bonds. The number of Topliss-reactive ketones (excluding diaryl/α,β-unsaturated/α-hetero) is 2. The Kier molecular flexibility index (Phi) is 7.36. The Hall–Kier alpha value is -4.17. The molecule has 0 N–H and O–H groups in total. The molecule has 0 aliphatic heterocycles. The van der Waals surface area contributed by atoms with E-state index in [0.29, 0.717) is 22.6 Å². The summed E-state index contributed by atoms with van der Waals surface area (Å²) in [7, 11) is -0.903. The Bertz CT molecular complexity index is 1460. The zero-order valence-electron chi connectivity index (χ0n) is 19.8. The lowest BCUT2D eigenvalue weighted by Crippen LogP contribution is -2.22. The number of methoxy groups -OCH3 is 2. The third-order valence-corrected chi connectivity index (χ3v) is 7.60. The minimum Gasteiger partial charge on any atom is -0.497 e. The number of rotatable bonds is 10. The summed E-state index contributed by atoms with van der Waals surface area (Å²) in [4.78, 5) is 27.1. The van der Waals surface area contributed by atoms with Crippen molar-refractivity contribution in [1.29, 1.82) is 0 Å². The molecule has 0 bridgehead atoms. The van der Waals surface area contributed by atoms with Crippen LogP contribution in [0, 0.1) is 0 Å². The van der Waals surface area contributed by atoms with Crippen molar-refractivity contribution < 1.29 is 27.5 Å². The van der Waals surface area contributed by atoms with Gasteiger partial charge in [0, 0.05) is 18.2 Å². The lowest BCUT2D eigenvalue weighted by atomic mass is 9.86. The average Bonchev–Trinajstić information content (AvgIpc) is 3.43. The fourth-order valence-corrected chi connectivity index (χ4v) is 5.32. The molecule has 1 unspecified atom stereocenters. The molecule has 0 saturated carbocycles. The fraction of sp³-hybridized carbons (Fsp3) is 0.143. The van der Waals surface area contributed by atoms with E-state index in [0.717, 1.165) is 3.97 Å². The van der Waals surface area contributed by atoms with Crippen LogP contribution in [0.2, 0.25) is 0 Å². The Balaban J connectivity index is 1.69. The maximum Gasteiger partial charge on any atom is 0.268 e. The smallest absolute Gasteiger partial charge is 0.268 e. The zero-order chi connectivity index (χ0) is 25.7. The van der Waals surface area contributed by atoms with Crippen LogP contribution in [0.15, 0.2) is 102 Å². The van der Waals surface area contributed by atoms with Gasteiger partial charge >= 0.3 is 0 Å². The summed E-state index contributed by atoms with van der Waals surface area (Å²) in [6.07, 6.45) is 1.12. The highest BCUT2D eigenvalue weighted by atomic mass is 32.2. The summed E-state index contributed by atoms with van der Waals surface area (Å²) < 4.78 is 37.7. The SMILES string of the molecule is COc1ccc(C(=O)C(CC(=O)c2cccn2S(=O)(=O)c2ccccc2)c2ccc(OC)cc2)cc1. The van der Waals surface area contributed by atoms with Gasteiger partial charge in [-0.3, -0.25) is 9.59 Å². The molecule has 1 atom stereocenters. The summed E-state index contributed by atoms with van der Waals surface area (Å²) in [5.74, 6) is -0.349. The number of ketones is 2. The fourth-order valence-electron chi connectivity index (χ4n) is 3.94. The topological polar surface area (TPSA) is 91.7 Å². The van der Waals surface area contributed by atoms with Crippen LogP contribution < -0.4 is 9.47 Å². The first-order valence-corrected chi connectivity index (χ1v) is 12.6. The molecule has 0 saturated heterocycles. The third-order valence-electron chi connectivity index (χ3n) is 5.90. The van der Waals surface area contributed by atoms with Gasteiger partial charge in [0.1, 0.15) is 11.5 Å². The van der Waals surface area contributed by atoms with E-state index in [2.05, 4.69) is 0 Å². The number of ether oxygens (including phenoxy) is 2. The molecular formula is C28H25NO6S. The van der Waals surface area contributed by atoms with E-state index >= 15 is 0 Å². The van der Waals surface area contributed by atoms with Crippen molar-refractivity contribution >= 4 is 21.6 Å². The summed E-state index contributed by atoms with van der Waals surface area (Å²) >= 11 is 0. The van der Waals surface area contributed by atoms with Crippen LogP contribution in [-0.2, 0) is 10.0 Å². The highest BCUT2D eigenvalue weighted by Crippen LogP contribution is 2.29. The van der Waals surface area contributed by atoms with Crippen molar-refractivity contribution in [2.75, 3.05) is 14.2 Å². The molecule has 0 aliphatic rings. The summed E-state index contributed by atoms with van der Waals surface area (Å²) in [6.45, 7) is 0. The van der Waals surface area contributed by atoms with Gasteiger partial charge in [-0.1, -0.05) is 30.3 Å². The van der Waals surface area contributed by atoms with Gasteiger partial charge in [0.25, 0.3) is 10.0 Å². The van der Waals surface area contributed by atoms with Crippen molar-refractivity contribution in [2.45, 2.75) is 17.2 Å². The lowest BCUT2D eigenvalue weighted by Gasteiger charge is -2.17. The van der Waals surface area contributed by atoms with Crippen LogP contribution in [0.4, 0.5) is 0 Å². The van der Waals surface area contributed by atoms with Gasteiger partial charge < -0.3 is 9.47 Å². The molecular weight excluding hydrogens is 478 g/mol. The van der Waals surface area contributed by atoms with E-state index in [-0.39, 0.29) is 22.8 Å². The van der Waals surface area contributed by atoms with Crippen LogP contribution >= 0.6 is 0 Å². The quantitative estimate of drug-likeness (QED) is 0.284. The van der Waals surface area contributed by atoms with E-state index in [1.54, 1.807) is 73.8 Å². The van der Waals surface area contributed by atoms with Gasteiger partial charge in [0.05, 0.1) is 30.7 Å². The molecule has 1 heterocycles. The minimum atomic E-state index is -3.98. The van der Waals surface area contributed by atoms with Gasteiger partial charge in [-0.05, 0) is 66.2 Å². The van der Waals surface area contributed by atoms with Gasteiger partial charge in [-0.15, -0.1) is 0 Å². The number of aromatic nitrogens is 1. The standard InChI is InChI=1S/C28H25NO6S/c1-34-22-14-10-20(11-15-22)25(28(31)21-12-16-23(35-2)17-13-21)19-27(30)26-9-6-18-29(26)36(32,33)24-7-4-3-5-8-24/h3-18,25H,19H2,1-2H3. The number of benzene rings is 3. The third kappa shape index (κ3) is 5.08. The van der Waals surface area contributed by atoms with E-state index in [9.17, 15) is 18.0 Å². The Morgan fingerprint density at radius 1 is 0.778 bits per heavy atom. The summed E-state index contributed by atoms with van der Waals surface area (Å²) in [5, 5.41) is 0. The molecule has 3 aromatic carbocycles. The van der Waals surface area contributed by atoms with E-state index in [1.807, 2.05) is 0 Å². The molecule has 1 aromatic heterocycles. The number of hydrogen-bond acceptors (Lipinski definition) is 6. The monoisotopic (exact) mass is 503 g/mol. The van der Waals surface area contributed by atoms with Gasteiger partial charge in [-0.2, -0.15) is 0 Å². The zero-order valence-corrected chi connectivity index (χ0v) is 20.6. The second-order valence-electron chi connectivity index (χ2n) is 8.05. The normalized spacial score (nSPS) is 12.1. The average molecular weight is 504 g/mol. The predicted molar refractivity (Wildman–Crippen MR) is 135 cm³/mol. The maximum atomic E-state index is 13.6. The first-order valence-electron chi connectivity index (χ1n) is 11.2. The first-order chi connectivity index (χ1) is 17.3. The van der Waals surface area contributed by atoms with Gasteiger partial charge in [0.15, 0.2) is 11.6 Å². The van der Waals surface area contributed by atoms with Gasteiger partial charge in [0.2, 0.25) is 0 Å². The van der Waals surface area contributed by atoms with Crippen LogP contribution in [0.3, 0.4) is 0 Å². The maximum absolute atomic E-state index is 13.6. The first kappa shape index (κ1) is 24.9. The minimum absolute atomic E-state index is 0.0140. The molecule has 184 valence electrons. The van der Waals surface area contributed by atoms with Crippen LogP contribution in [0.1, 0.15) is 38.7 Å². The number of hydrogen-bond donors (Lipinski definition) is 0. The summed E-state index contributed by atoms with van der Waals surface area (Å²) in [5.41, 5.74) is 1.02. The van der Waals surface area contributed by atoms with E-state index < -0.39 is 21.7 Å². The number of nitrogens with zero attached hydrogens (tertiary/aromatic N) is 1. The predicted octanol–water partition coefficient (Wildman–Crippen LogP) is 4.98. The van der Waals surface area contributed by atoms with Crippen LogP contribution in [0.25, 0.3) is 0 Å². The van der Waals surface area contributed by atoms with Crippen molar-refractivity contribution in [3.63, 3.8) is 0 Å². The molecule has 4 rings (SSSR count). The Morgan fingerprint density at radius 3 is 1.94 bits per heavy atom. The molecule has 7 nitrogen and oxygen atoms in total. The van der Waals surface area contributed by atoms with Crippen LogP contribution in [0.5, 0.6) is 11.5 Å². The van der Waals surface area contributed by atoms with Crippen molar-refractivity contribution in [2.24, 2.45) is 0 Å². The Morgan fingerprint density at radius 2 is 1.36 bits per heavy atom. The molecule has 0 aliphatic carbocycles. The van der Waals surface area contributed by atoms with E-state index in [1.165, 1.54) is 37.6 Å². The molecule has 0 radical (unpaired) electrons. The Labute approximate surface area is 210 Å². The molecule has 4 aromatic rings.